The Labute approximate surface area is 122 Å². The minimum Gasteiger partial charge on any atom is -0.353 e. The van der Waals surface area contributed by atoms with E-state index in [0.29, 0.717) is 12.0 Å². The lowest BCUT2D eigenvalue weighted by molar-refractivity contribution is -0.121. The molecule has 0 radical (unpaired) electrons. The van der Waals surface area contributed by atoms with E-state index in [1.165, 1.54) is 4.88 Å². The number of carbonyl (C=O) groups is 1. The zero-order valence-electron chi connectivity index (χ0n) is 11.3. The predicted molar refractivity (Wildman–Crippen MR) is 80.5 cm³/mol. The molecule has 0 saturated heterocycles. The van der Waals surface area contributed by atoms with Crippen LogP contribution in [0.25, 0.3) is 0 Å². The first kappa shape index (κ1) is 14.3. The molecular formula is C16H16N2OS. The summed E-state index contributed by atoms with van der Waals surface area (Å²) in [6.07, 6.45) is 1.21. The van der Waals surface area contributed by atoms with Crippen molar-refractivity contribution in [1.29, 1.82) is 5.26 Å². The quantitative estimate of drug-likeness (QED) is 0.918. The van der Waals surface area contributed by atoms with E-state index in [0.717, 1.165) is 12.0 Å². The van der Waals surface area contributed by atoms with Crippen LogP contribution in [0, 0.1) is 11.3 Å². The summed E-state index contributed by atoms with van der Waals surface area (Å²) in [4.78, 5) is 13.2. The van der Waals surface area contributed by atoms with Crippen LogP contribution >= 0.6 is 11.3 Å². The van der Waals surface area contributed by atoms with Crippen molar-refractivity contribution in [1.82, 2.24) is 5.32 Å². The summed E-state index contributed by atoms with van der Waals surface area (Å²) in [6, 6.07) is 13.4. The van der Waals surface area contributed by atoms with Gasteiger partial charge in [0.1, 0.15) is 0 Å². The summed E-state index contributed by atoms with van der Waals surface area (Å²) in [5, 5.41) is 13.8. The normalized spacial score (nSPS) is 11.6. The minimum atomic E-state index is 0.0127. The second kappa shape index (κ2) is 6.88. The summed E-state index contributed by atoms with van der Waals surface area (Å²) < 4.78 is 0. The number of rotatable bonds is 5. The summed E-state index contributed by atoms with van der Waals surface area (Å²) in [5.74, 6) is 0.0127. The Morgan fingerprint density at radius 3 is 2.70 bits per heavy atom. The number of hydrogen-bond donors (Lipinski definition) is 1. The van der Waals surface area contributed by atoms with Crippen LogP contribution in [0.2, 0.25) is 0 Å². The molecule has 20 heavy (non-hydrogen) atoms. The molecule has 0 saturated carbocycles. The Morgan fingerprint density at radius 1 is 1.35 bits per heavy atom. The highest BCUT2D eigenvalue weighted by molar-refractivity contribution is 7.09. The van der Waals surface area contributed by atoms with Gasteiger partial charge in [0.25, 0.3) is 0 Å². The van der Waals surface area contributed by atoms with Crippen molar-refractivity contribution in [2.75, 3.05) is 0 Å². The van der Waals surface area contributed by atoms with Gasteiger partial charge in [-0.2, -0.15) is 5.26 Å². The van der Waals surface area contributed by atoms with Gasteiger partial charge in [-0.25, -0.2) is 0 Å². The highest BCUT2D eigenvalue weighted by atomic mass is 32.1. The van der Waals surface area contributed by atoms with Crippen LogP contribution in [0.15, 0.2) is 41.8 Å². The minimum absolute atomic E-state index is 0.0127. The maximum atomic E-state index is 11.9. The first-order valence-electron chi connectivity index (χ1n) is 6.48. The summed E-state index contributed by atoms with van der Waals surface area (Å²) >= 11 is 1.70. The van der Waals surface area contributed by atoms with Gasteiger partial charge in [-0.1, -0.05) is 18.2 Å². The Balaban J connectivity index is 1.83. The molecule has 1 unspecified atom stereocenters. The van der Waals surface area contributed by atoms with Crippen molar-refractivity contribution in [3.05, 3.63) is 57.8 Å². The van der Waals surface area contributed by atoms with Crippen LogP contribution in [0.1, 0.15) is 22.9 Å². The maximum absolute atomic E-state index is 11.9. The van der Waals surface area contributed by atoms with Crippen molar-refractivity contribution >= 4 is 17.2 Å². The van der Waals surface area contributed by atoms with E-state index < -0.39 is 0 Å². The molecule has 102 valence electrons. The first-order chi connectivity index (χ1) is 9.67. The zero-order valence-corrected chi connectivity index (χ0v) is 12.1. The monoisotopic (exact) mass is 284 g/mol. The zero-order chi connectivity index (χ0) is 14.4. The SMILES string of the molecule is CC(Cc1cccs1)NC(=O)Cc1ccc(C#N)cc1. The summed E-state index contributed by atoms with van der Waals surface area (Å²) in [5.41, 5.74) is 1.53. The second-order valence-electron chi connectivity index (χ2n) is 4.74. The predicted octanol–water partition coefficient (Wildman–Crippen LogP) is 2.91. The molecule has 1 aromatic carbocycles. The van der Waals surface area contributed by atoms with Gasteiger partial charge in [0.15, 0.2) is 0 Å². The van der Waals surface area contributed by atoms with E-state index in [4.69, 9.17) is 5.26 Å². The fraction of sp³-hybridized carbons (Fsp3) is 0.250. The topological polar surface area (TPSA) is 52.9 Å². The Bertz CT molecular complexity index is 596. The lowest BCUT2D eigenvalue weighted by atomic mass is 10.1. The summed E-state index contributed by atoms with van der Waals surface area (Å²) in [6.45, 7) is 2.01. The van der Waals surface area contributed by atoms with Gasteiger partial charge in [0.05, 0.1) is 18.1 Å². The van der Waals surface area contributed by atoms with Crippen molar-refractivity contribution in [2.24, 2.45) is 0 Å². The number of nitrogens with zero attached hydrogens (tertiary/aromatic N) is 1. The molecule has 1 aromatic heterocycles. The Hall–Kier alpha value is -2.12. The van der Waals surface area contributed by atoms with Crippen LogP contribution in [-0.2, 0) is 17.6 Å². The molecule has 0 aliphatic carbocycles. The van der Waals surface area contributed by atoms with Gasteiger partial charge in [-0.3, -0.25) is 4.79 Å². The van der Waals surface area contributed by atoms with Gasteiger partial charge in [0, 0.05) is 17.3 Å². The van der Waals surface area contributed by atoms with Crippen LogP contribution in [0.5, 0.6) is 0 Å². The largest absolute Gasteiger partial charge is 0.353 e. The number of carbonyl (C=O) groups excluding carboxylic acids is 1. The number of thiophene rings is 1. The van der Waals surface area contributed by atoms with Crippen molar-refractivity contribution in [2.45, 2.75) is 25.8 Å². The van der Waals surface area contributed by atoms with E-state index in [2.05, 4.69) is 17.5 Å². The third-order valence-corrected chi connectivity index (χ3v) is 3.84. The standard InChI is InChI=1S/C16H16N2OS/c1-12(9-15-3-2-8-20-15)18-16(19)10-13-4-6-14(11-17)7-5-13/h2-8,12H,9-10H2,1H3,(H,18,19). The van der Waals surface area contributed by atoms with Crippen LogP contribution in [-0.4, -0.2) is 11.9 Å². The molecule has 0 aliphatic heterocycles. The van der Waals surface area contributed by atoms with Gasteiger partial charge in [-0.05, 0) is 36.1 Å². The Morgan fingerprint density at radius 2 is 2.10 bits per heavy atom. The molecule has 2 rings (SSSR count). The molecule has 1 N–H and O–H groups in total. The number of benzene rings is 1. The molecule has 0 bridgehead atoms. The molecule has 1 amide bonds. The lowest BCUT2D eigenvalue weighted by Crippen LogP contribution is -2.34. The average molecular weight is 284 g/mol. The van der Waals surface area contributed by atoms with Gasteiger partial charge in [-0.15, -0.1) is 11.3 Å². The van der Waals surface area contributed by atoms with Crippen molar-refractivity contribution in [3.8, 4) is 6.07 Å². The fourth-order valence-electron chi connectivity index (χ4n) is 1.99. The smallest absolute Gasteiger partial charge is 0.224 e. The molecule has 3 nitrogen and oxygen atoms in total. The van der Waals surface area contributed by atoms with E-state index in [9.17, 15) is 4.79 Å². The highest BCUT2D eigenvalue weighted by Gasteiger charge is 2.09. The first-order valence-corrected chi connectivity index (χ1v) is 7.36. The van der Waals surface area contributed by atoms with E-state index in [-0.39, 0.29) is 11.9 Å². The second-order valence-corrected chi connectivity index (χ2v) is 5.77. The van der Waals surface area contributed by atoms with Crippen LogP contribution < -0.4 is 5.32 Å². The third kappa shape index (κ3) is 4.22. The third-order valence-electron chi connectivity index (χ3n) is 2.94. The van der Waals surface area contributed by atoms with Crippen molar-refractivity contribution < 1.29 is 4.79 Å². The maximum Gasteiger partial charge on any atom is 0.224 e. The molecule has 0 spiro atoms. The van der Waals surface area contributed by atoms with E-state index in [1.54, 1.807) is 23.5 Å². The molecule has 1 heterocycles. The van der Waals surface area contributed by atoms with Gasteiger partial charge >= 0.3 is 0 Å². The molecule has 4 heteroatoms. The number of nitrogens with one attached hydrogen (secondary N) is 1. The number of nitriles is 1. The number of amides is 1. The van der Waals surface area contributed by atoms with Gasteiger partial charge in [0.2, 0.25) is 5.91 Å². The van der Waals surface area contributed by atoms with Crippen LogP contribution in [0.3, 0.4) is 0 Å². The molecule has 0 aliphatic rings. The lowest BCUT2D eigenvalue weighted by Gasteiger charge is -2.13. The van der Waals surface area contributed by atoms with E-state index in [1.807, 2.05) is 30.5 Å². The van der Waals surface area contributed by atoms with Gasteiger partial charge < -0.3 is 5.32 Å². The highest BCUT2D eigenvalue weighted by Crippen LogP contribution is 2.11. The van der Waals surface area contributed by atoms with E-state index >= 15 is 0 Å². The Kier molecular flexibility index (Phi) is 4.91. The fourth-order valence-corrected chi connectivity index (χ4v) is 2.83. The molecular weight excluding hydrogens is 268 g/mol. The summed E-state index contributed by atoms with van der Waals surface area (Å²) in [7, 11) is 0. The van der Waals surface area contributed by atoms with Crippen molar-refractivity contribution in [3.63, 3.8) is 0 Å². The average Bonchev–Trinajstić information content (AvgIpc) is 2.92. The molecule has 0 fully saturated rings. The molecule has 2 aromatic rings. The van der Waals surface area contributed by atoms with Crippen LogP contribution in [0.4, 0.5) is 0 Å². The molecule has 1 atom stereocenters. The number of hydrogen-bond acceptors (Lipinski definition) is 3.